The van der Waals surface area contributed by atoms with E-state index in [2.05, 4.69) is 16.0 Å². The number of nitrogens with zero attached hydrogens (tertiary/aromatic N) is 1. The Balaban J connectivity index is 1.13. The zero-order valence-electron chi connectivity index (χ0n) is 35.9. The molecule has 2 heterocycles. The first-order valence-electron chi connectivity index (χ1n) is 20.8. The number of nitrogens with one attached hydrogen (secondary N) is 3. The highest BCUT2D eigenvalue weighted by molar-refractivity contribution is 8.00. The lowest BCUT2D eigenvalue weighted by molar-refractivity contribution is -0.116. The summed E-state index contributed by atoms with van der Waals surface area (Å²) in [5.74, 6) is -1.92. The molecular weight excluding hydrogens is 845 g/mol. The van der Waals surface area contributed by atoms with Gasteiger partial charge in [0.15, 0.2) is 0 Å². The molecule has 1 unspecified atom stereocenters. The molecule has 11 nitrogen and oxygen atoms in total. The summed E-state index contributed by atoms with van der Waals surface area (Å²) < 4.78 is 11.1. The molecule has 1 atom stereocenters. The number of ether oxygens (including phenoxy) is 2. The molecular formula is C51H48N4O7S2. The highest BCUT2D eigenvalue weighted by Crippen LogP contribution is 2.41. The Labute approximate surface area is 380 Å². The zero-order chi connectivity index (χ0) is 45.2. The van der Waals surface area contributed by atoms with Crippen molar-refractivity contribution in [1.29, 1.82) is 0 Å². The van der Waals surface area contributed by atoms with Crippen LogP contribution in [-0.4, -0.2) is 53.4 Å². The fourth-order valence-corrected chi connectivity index (χ4v) is 9.30. The number of amides is 4. The Morgan fingerprint density at radius 1 is 0.797 bits per heavy atom. The van der Waals surface area contributed by atoms with E-state index >= 15 is 0 Å². The summed E-state index contributed by atoms with van der Waals surface area (Å²) in [4.78, 5) is 71.3. The zero-order valence-corrected chi connectivity index (χ0v) is 37.5. The van der Waals surface area contributed by atoms with Gasteiger partial charge in [-0.3, -0.25) is 14.4 Å². The van der Waals surface area contributed by atoms with Crippen LogP contribution in [0.5, 0.6) is 0 Å². The van der Waals surface area contributed by atoms with E-state index in [9.17, 15) is 24.0 Å². The monoisotopic (exact) mass is 892 g/mol. The molecule has 0 saturated carbocycles. The number of carbonyl (C=O) groups excluding carboxylic acids is 5. The van der Waals surface area contributed by atoms with E-state index in [-0.39, 0.29) is 30.3 Å². The van der Waals surface area contributed by atoms with Crippen molar-refractivity contribution >= 4 is 69.6 Å². The molecule has 5 aromatic carbocycles. The predicted octanol–water partition coefficient (Wildman–Crippen LogP) is 10.8. The molecule has 1 aliphatic rings. The number of rotatable bonds is 13. The first kappa shape index (κ1) is 45.1. The predicted molar refractivity (Wildman–Crippen MR) is 253 cm³/mol. The second kappa shape index (κ2) is 20.5. The molecule has 7 rings (SSSR count). The van der Waals surface area contributed by atoms with Crippen molar-refractivity contribution in [1.82, 2.24) is 10.2 Å². The third-order valence-electron chi connectivity index (χ3n) is 9.97. The number of anilines is 2. The van der Waals surface area contributed by atoms with Gasteiger partial charge in [-0.05, 0) is 98.3 Å². The maximum absolute atomic E-state index is 14.5. The van der Waals surface area contributed by atoms with E-state index in [1.165, 1.54) is 23.1 Å². The molecule has 1 aliphatic heterocycles. The maximum Gasteiger partial charge on any atom is 0.410 e. The van der Waals surface area contributed by atoms with Gasteiger partial charge in [0.2, 0.25) is 5.91 Å². The molecule has 3 N–H and O–H groups in total. The summed E-state index contributed by atoms with van der Waals surface area (Å²) in [5.41, 5.74) is 4.70. The number of thiophene rings is 1. The van der Waals surface area contributed by atoms with Crippen molar-refractivity contribution < 1.29 is 33.4 Å². The quantitative estimate of drug-likeness (QED) is 0.0591. The van der Waals surface area contributed by atoms with Gasteiger partial charge in [-0.15, -0.1) is 23.1 Å². The molecule has 64 heavy (non-hydrogen) atoms. The molecule has 0 aliphatic carbocycles. The van der Waals surface area contributed by atoms with Crippen LogP contribution in [0, 0.1) is 0 Å². The average molecular weight is 893 g/mol. The second-order valence-corrected chi connectivity index (χ2v) is 18.1. The van der Waals surface area contributed by atoms with Crippen molar-refractivity contribution in [2.24, 2.45) is 0 Å². The summed E-state index contributed by atoms with van der Waals surface area (Å²) in [5, 5.41) is 8.34. The molecule has 13 heteroatoms. The first-order valence-corrected chi connectivity index (χ1v) is 22.5. The van der Waals surface area contributed by atoms with E-state index in [0.717, 1.165) is 21.6 Å². The Hall–Kier alpha value is -6.96. The van der Waals surface area contributed by atoms with Gasteiger partial charge < -0.3 is 30.3 Å². The van der Waals surface area contributed by atoms with Gasteiger partial charge in [-0.2, -0.15) is 0 Å². The van der Waals surface area contributed by atoms with Crippen LogP contribution in [-0.2, 0) is 32.0 Å². The van der Waals surface area contributed by atoms with E-state index in [1.54, 1.807) is 60.4 Å². The Morgan fingerprint density at radius 2 is 1.45 bits per heavy atom. The average Bonchev–Trinajstić information content (AvgIpc) is 3.65. The Bertz CT molecular complexity index is 2660. The van der Waals surface area contributed by atoms with Crippen LogP contribution in [0.25, 0.3) is 17.2 Å². The van der Waals surface area contributed by atoms with Crippen molar-refractivity contribution in [3.63, 3.8) is 0 Å². The second-order valence-electron chi connectivity index (χ2n) is 15.8. The number of esters is 1. The van der Waals surface area contributed by atoms with Gasteiger partial charge in [0.05, 0.1) is 18.7 Å². The highest BCUT2D eigenvalue weighted by atomic mass is 32.2. The summed E-state index contributed by atoms with van der Waals surface area (Å²) in [6.07, 6.45) is 1.56. The summed E-state index contributed by atoms with van der Waals surface area (Å²) in [6.45, 7) is 7.85. The lowest BCUT2D eigenvalue weighted by Crippen LogP contribution is -2.39. The number of thioether (sulfide) groups is 1. The SMILES string of the molecule is CCOC(=O)c1c(NC(=O)C(Sc2cccc(NC(=O)/C(=C\c3ccc(-c4ccccc4)cc3)NC(=O)c3ccccc3)c2)c2ccccc2)sc2c1CCN(C(=O)OC(C)(C)C)C2. The first-order chi connectivity index (χ1) is 30.8. The summed E-state index contributed by atoms with van der Waals surface area (Å²) >= 11 is 2.51. The highest BCUT2D eigenvalue weighted by Gasteiger charge is 2.34. The largest absolute Gasteiger partial charge is 0.462 e. The Kier molecular flexibility index (Phi) is 14.4. The molecule has 0 saturated heterocycles. The van der Waals surface area contributed by atoms with Crippen LogP contribution in [0.2, 0.25) is 0 Å². The molecule has 326 valence electrons. The van der Waals surface area contributed by atoms with E-state index in [1.807, 2.05) is 118 Å². The molecule has 0 radical (unpaired) electrons. The molecule has 0 fully saturated rings. The minimum Gasteiger partial charge on any atom is -0.462 e. The minimum absolute atomic E-state index is 0.0335. The number of carbonyl (C=O) groups is 5. The number of hydrogen-bond acceptors (Lipinski definition) is 9. The van der Waals surface area contributed by atoms with Gasteiger partial charge in [0, 0.05) is 27.6 Å². The summed E-state index contributed by atoms with van der Waals surface area (Å²) in [7, 11) is 0. The maximum atomic E-state index is 14.5. The lowest BCUT2D eigenvalue weighted by Gasteiger charge is -2.30. The molecule has 0 spiro atoms. The normalized spacial score (nSPS) is 12.9. The topological polar surface area (TPSA) is 143 Å². The van der Waals surface area contributed by atoms with Gasteiger partial charge in [0.1, 0.15) is 21.5 Å². The van der Waals surface area contributed by atoms with E-state index < -0.39 is 34.7 Å². The van der Waals surface area contributed by atoms with Crippen LogP contribution in [0.1, 0.15) is 75.2 Å². The number of hydrogen-bond donors (Lipinski definition) is 3. The third kappa shape index (κ3) is 11.5. The van der Waals surface area contributed by atoms with E-state index in [0.29, 0.717) is 45.2 Å². The molecule has 4 amide bonds. The molecule has 6 aromatic rings. The van der Waals surface area contributed by atoms with Gasteiger partial charge in [-0.1, -0.05) is 109 Å². The lowest BCUT2D eigenvalue weighted by atomic mass is 10.0. The standard InChI is InChI=1S/C51H48N4O7S2/c1-5-61-49(59)43-40-28-29-55(50(60)62-51(2,3)4)32-42(40)64-48(43)54-47(58)44(36-18-11-7-12-19-36)63-39-23-15-22-38(31-39)52-46(57)41(53-45(56)37-20-13-8-14-21-37)30-33-24-26-35(27-25-33)34-16-9-6-10-17-34/h6-27,30-31,44H,5,28-29,32H2,1-4H3,(H,52,57)(H,53,56)(H,54,58)/b41-30+. The number of benzene rings is 5. The summed E-state index contributed by atoms with van der Waals surface area (Å²) in [6, 6.07) is 42.6. The van der Waals surface area contributed by atoms with Gasteiger partial charge >= 0.3 is 12.1 Å². The smallest absolute Gasteiger partial charge is 0.410 e. The van der Waals surface area contributed by atoms with Crippen LogP contribution < -0.4 is 16.0 Å². The number of fused-ring (bicyclic) bond motifs is 1. The molecule has 1 aromatic heterocycles. The van der Waals surface area contributed by atoms with Crippen molar-refractivity contribution in [2.45, 2.75) is 56.4 Å². The van der Waals surface area contributed by atoms with Crippen molar-refractivity contribution in [3.8, 4) is 11.1 Å². The third-order valence-corrected chi connectivity index (χ3v) is 12.3. The molecule has 0 bridgehead atoms. The van der Waals surface area contributed by atoms with Gasteiger partial charge in [0.25, 0.3) is 11.8 Å². The fraction of sp³-hybridized carbons (Fsp3) is 0.196. The van der Waals surface area contributed by atoms with Crippen LogP contribution >= 0.6 is 23.1 Å². The van der Waals surface area contributed by atoms with Gasteiger partial charge in [-0.25, -0.2) is 9.59 Å². The van der Waals surface area contributed by atoms with Crippen LogP contribution in [0.4, 0.5) is 15.5 Å². The van der Waals surface area contributed by atoms with E-state index in [4.69, 9.17) is 9.47 Å². The fourth-order valence-electron chi connectivity index (χ4n) is 6.96. The van der Waals surface area contributed by atoms with Crippen molar-refractivity contribution in [2.75, 3.05) is 23.8 Å². The minimum atomic E-state index is -0.793. The van der Waals surface area contributed by atoms with Crippen LogP contribution in [0.3, 0.4) is 0 Å². The van der Waals surface area contributed by atoms with Crippen LogP contribution in [0.15, 0.2) is 150 Å². The van der Waals surface area contributed by atoms with Crippen molar-refractivity contribution in [3.05, 3.63) is 178 Å². The Morgan fingerprint density at radius 3 is 2.12 bits per heavy atom.